The van der Waals surface area contributed by atoms with E-state index in [4.69, 9.17) is 4.74 Å². The van der Waals surface area contributed by atoms with E-state index in [1.807, 2.05) is 39.0 Å². The molecule has 3 nitrogen and oxygen atoms in total. The molecule has 1 aliphatic rings. The van der Waals surface area contributed by atoms with Crippen molar-refractivity contribution in [2.24, 2.45) is 4.40 Å². The molecule has 0 bridgehead atoms. The SMILES string of the molecule is CC(C)(C)S(=O)/N=C1/CCOc2cc(Br)ccc21. The lowest BCUT2D eigenvalue weighted by molar-refractivity contribution is 0.320. The second-order valence-electron chi connectivity index (χ2n) is 5.14. The van der Waals surface area contributed by atoms with Crippen molar-refractivity contribution in [2.75, 3.05) is 6.61 Å². The van der Waals surface area contributed by atoms with Crippen molar-refractivity contribution < 1.29 is 8.95 Å². The highest BCUT2D eigenvalue weighted by molar-refractivity contribution is 9.10. The van der Waals surface area contributed by atoms with E-state index in [-0.39, 0.29) is 4.75 Å². The molecule has 5 heteroatoms. The highest BCUT2D eigenvalue weighted by atomic mass is 79.9. The first-order valence-electron chi connectivity index (χ1n) is 5.80. The summed E-state index contributed by atoms with van der Waals surface area (Å²) in [4.78, 5) is 0. The minimum Gasteiger partial charge on any atom is -0.492 e. The topological polar surface area (TPSA) is 38.7 Å². The van der Waals surface area contributed by atoms with Crippen LogP contribution in [0, 0.1) is 0 Å². The Bertz CT molecular complexity index is 520. The Balaban J connectivity index is 2.39. The zero-order chi connectivity index (χ0) is 13.3. The van der Waals surface area contributed by atoms with Crippen LogP contribution in [-0.2, 0) is 11.0 Å². The van der Waals surface area contributed by atoms with Crippen molar-refractivity contribution in [1.29, 1.82) is 0 Å². The van der Waals surface area contributed by atoms with Gasteiger partial charge in [0.05, 0.1) is 17.1 Å². The molecule has 0 spiro atoms. The van der Waals surface area contributed by atoms with E-state index in [0.29, 0.717) is 13.0 Å². The molecule has 2 rings (SSSR count). The molecule has 98 valence electrons. The van der Waals surface area contributed by atoms with Crippen molar-refractivity contribution in [2.45, 2.75) is 31.9 Å². The maximum atomic E-state index is 12.1. The lowest BCUT2D eigenvalue weighted by atomic mass is 10.0. The first kappa shape index (κ1) is 13.7. The smallest absolute Gasteiger partial charge is 0.145 e. The molecule has 1 aromatic carbocycles. The van der Waals surface area contributed by atoms with Crippen LogP contribution in [0.4, 0.5) is 0 Å². The molecule has 1 heterocycles. The van der Waals surface area contributed by atoms with Crippen LogP contribution >= 0.6 is 15.9 Å². The van der Waals surface area contributed by atoms with Gasteiger partial charge in [0.25, 0.3) is 0 Å². The molecule has 0 aromatic heterocycles. The number of hydrogen-bond acceptors (Lipinski definition) is 2. The second kappa shape index (κ2) is 5.13. The van der Waals surface area contributed by atoms with Gasteiger partial charge in [-0.2, -0.15) is 4.40 Å². The molecule has 1 unspecified atom stereocenters. The summed E-state index contributed by atoms with van der Waals surface area (Å²) in [6, 6.07) is 5.82. The van der Waals surface area contributed by atoms with E-state index in [0.717, 1.165) is 21.5 Å². The molecule has 0 aliphatic carbocycles. The summed E-state index contributed by atoms with van der Waals surface area (Å²) < 4.78 is 22.7. The summed E-state index contributed by atoms with van der Waals surface area (Å²) >= 11 is 3.41. The molecular weight excluding hydrogens is 314 g/mol. The van der Waals surface area contributed by atoms with Crippen LogP contribution in [0.15, 0.2) is 27.1 Å². The Kier molecular flexibility index (Phi) is 3.92. The van der Waals surface area contributed by atoms with Gasteiger partial charge in [0.15, 0.2) is 0 Å². The highest BCUT2D eigenvalue weighted by Crippen LogP contribution is 2.29. The third-order valence-electron chi connectivity index (χ3n) is 2.57. The minimum absolute atomic E-state index is 0.333. The van der Waals surface area contributed by atoms with Crippen LogP contribution in [0.2, 0.25) is 0 Å². The number of halogens is 1. The molecule has 1 aromatic rings. The molecular formula is C13H16BrNO2S. The number of fused-ring (bicyclic) bond motifs is 1. The second-order valence-corrected chi connectivity index (χ2v) is 7.96. The summed E-state index contributed by atoms with van der Waals surface area (Å²) in [5, 5.41) is 0. The highest BCUT2D eigenvalue weighted by Gasteiger charge is 2.23. The molecule has 0 radical (unpaired) electrons. The number of hydrogen-bond donors (Lipinski definition) is 0. The molecule has 18 heavy (non-hydrogen) atoms. The molecule has 0 saturated carbocycles. The fourth-order valence-electron chi connectivity index (χ4n) is 1.58. The van der Waals surface area contributed by atoms with Crippen molar-refractivity contribution in [3.63, 3.8) is 0 Å². The summed E-state index contributed by atoms with van der Waals surface area (Å²) in [5.41, 5.74) is 1.82. The average molecular weight is 330 g/mol. The largest absolute Gasteiger partial charge is 0.492 e. The monoisotopic (exact) mass is 329 g/mol. The molecule has 1 atom stereocenters. The van der Waals surface area contributed by atoms with Gasteiger partial charge >= 0.3 is 0 Å². The quantitative estimate of drug-likeness (QED) is 0.791. The molecule has 1 aliphatic heterocycles. The van der Waals surface area contributed by atoms with Crippen LogP contribution in [0.5, 0.6) is 5.75 Å². The van der Waals surface area contributed by atoms with Gasteiger partial charge in [-0.25, -0.2) is 4.21 Å². The first-order chi connectivity index (χ1) is 8.38. The first-order valence-corrected chi connectivity index (χ1v) is 7.70. The Labute approximate surface area is 118 Å². The van der Waals surface area contributed by atoms with Gasteiger partial charge in [0, 0.05) is 16.5 Å². The molecule has 0 fully saturated rings. The lowest BCUT2D eigenvalue weighted by Gasteiger charge is -2.21. The van der Waals surface area contributed by atoms with E-state index in [1.165, 1.54) is 0 Å². The van der Waals surface area contributed by atoms with Gasteiger partial charge in [-0.15, -0.1) is 0 Å². The van der Waals surface area contributed by atoms with Gasteiger partial charge in [-0.1, -0.05) is 15.9 Å². The van der Waals surface area contributed by atoms with Crippen LogP contribution in [0.25, 0.3) is 0 Å². The normalized spacial score (nSPS) is 19.2. The number of nitrogens with zero attached hydrogens (tertiary/aromatic N) is 1. The Morgan fingerprint density at radius 3 is 2.78 bits per heavy atom. The summed E-state index contributed by atoms with van der Waals surface area (Å²) in [6.45, 7) is 6.36. The summed E-state index contributed by atoms with van der Waals surface area (Å²) in [6.07, 6.45) is 0.705. The Morgan fingerprint density at radius 1 is 1.39 bits per heavy atom. The summed E-state index contributed by atoms with van der Waals surface area (Å²) in [7, 11) is -1.23. The number of rotatable bonds is 1. The van der Waals surface area contributed by atoms with Gasteiger partial charge in [-0.05, 0) is 39.0 Å². The van der Waals surface area contributed by atoms with E-state index >= 15 is 0 Å². The van der Waals surface area contributed by atoms with Crippen LogP contribution in [-0.4, -0.2) is 21.3 Å². The van der Waals surface area contributed by atoms with Crippen molar-refractivity contribution >= 4 is 32.6 Å². The number of ether oxygens (including phenoxy) is 1. The average Bonchev–Trinajstić information content (AvgIpc) is 2.27. The maximum Gasteiger partial charge on any atom is 0.145 e. The van der Waals surface area contributed by atoms with Gasteiger partial charge in [0.2, 0.25) is 0 Å². The van der Waals surface area contributed by atoms with E-state index in [9.17, 15) is 4.21 Å². The molecule has 0 amide bonds. The van der Waals surface area contributed by atoms with Crippen molar-refractivity contribution in [3.05, 3.63) is 28.2 Å². The van der Waals surface area contributed by atoms with Crippen LogP contribution in [0.1, 0.15) is 32.8 Å². The lowest BCUT2D eigenvalue weighted by Crippen LogP contribution is -2.23. The predicted octanol–water partition coefficient (Wildman–Crippen LogP) is 3.48. The number of benzene rings is 1. The van der Waals surface area contributed by atoms with Crippen LogP contribution < -0.4 is 4.74 Å². The molecule has 0 N–H and O–H groups in total. The fourth-order valence-corrected chi connectivity index (χ4v) is 2.58. The van der Waals surface area contributed by atoms with Crippen LogP contribution in [0.3, 0.4) is 0 Å². The van der Waals surface area contributed by atoms with E-state index in [1.54, 1.807) is 0 Å². The van der Waals surface area contributed by atoms with Gasteiger partial charge in [-0.3, -0.25) is 0 Å². The Morgan fingerprint density at radius 2 is 2.11 bits per heavy atom. The standard InChI is InChI=1S/C13H16BrNO2S/c1-13(2,3)18(16)15-11-6-7-17-12-8-9(14)4-5-10(11)12/h4-5,8H,6-7H2,1-3H3/b15-11-. The van der Waals surface area contributed by atoms with E-state index < -0.39 is 11.0 Å². The van der Waals surface area contributed by atoms with Crippen molar-refractivity contribution in [1.82, 2.24) is 0 Å². The minimum atomic E-state index is -1.23. The summed E-state index contributed by atoms with van der Waals surface area (Å²) in [5.74, 6) is 0.806. The zero-order valence-corrected chi connectivity index (χ0v) is 13.1. The third-order valence-corrected chi connectivity index (χ3v) is 4.50. The van der Waals surface area contributed by atoms with Crippen molar-refractivity contribution in [3.8, 4) is 5.75 Å². The van der Waals surface area contributed by atoms with Gasteiger partial charge in [0.1, 0.15) is 16.7 Å². The molecule has 0 saturated heterocycles. The third kappa shape index (κ3) is 3.01. The van der Waals surface area contributed by atoms with E-state index in [2.05, 4.69) is 20.3 Å². The fraction of sp³-hybridized carbons (Fsp3) is 0.462. The predicted molar refractivity (Wildman–Crippen MR) is 78.7 cm³/mol. The zero-order valence-electron chi connectivity index (χ0n) is 10.7. The maximum absolute atomic E-state index is 12.1. The van der Waals surface area contributed by atoms with Gasteiger partial charge < -0.3 is 4.74 Å². The Hall–Kier alpha value is -0.680.